The quantitative estimate of drug-likeness (QED) is 0.465. The summed E-state index contributed by atoms with van der Waals surface area (Å²) in [5.41, 5.74) is 1.32. The SMILES string of the molecule is CCN(CC)C(=O)/C=C/c1cccc([N+](=O)[O-])c1C. The standard InChI is InChI=1S/C14H18N2O3/c1-4-15(5-2)14(17)10-9-12-7-6-8-13(11(12)3)16(18)19/h6-10H,4-5H2,1-3H3/b10-9+. The summed E-state index contributed by atoms with van der Waals surface area (Å²) in [6.07, 6.45) is 3.09. The number of rotatable bonds is 5. The van der Waals surface area contributed by atoms with Crippen LogP contribution in [0.1, 0.15) is 25.0 Å². The van der Waals surface area contributed by atoms with Crippen molar-refractivity contribution in [3.63, 3.8) is 0 Å². The molecule has 1 rings (SSSR count). The summed E-state index contributed by atoms with van der Waals surface area (Å²) in [7, 11) is 0. The number of carbonyl (C=O) groups excluding carboxylic acids is 1. The van der Waals surface area contributed by atoms with Crippen LogP contribution in [-0.4, -0.2) is 28.8 Å². The average molecular weight is 262 g/mol. The molecule has 5 heteroatoms. The number of hydrogen-bond acceptors (Lipinski definition) is 3. The fraction of sp³-hybridized carbons (Fsp3) is 0.357. The molecule has 0 fully saturated rings. The van der Waals surface area contributed by atoms with E-state index in [2.05, 4.69) is 0 Å². The number of carbonyl (C=O) groups is 1. The molecule has 0 heterocycles. The first-order valence-corrected chi connectivity index (χ1v) is 6.22. The predicted octanol–water partition coefficient (Wildman–Crippen LogP) is 2.78. The molecule has 1 aromatic rings. The Morgan fingerprint density at radius 2 is 2.00 bits per heavy atom. The van der Waals surface area contributed by atoms with Gasteiger partial charge in [-0.2, -0.15) is 0 Å². The minimum Gasteiger partial charge on any atom is -0.340 e. The molecule has 0 unspecified atom stereocenters. The molecule has 0 saturated heterocycles. The summed E-state index contributed by atoms with van der Waals surface area (Å²) in [6, 6.07) is 4.83. The van der Waals surface area contributed by atoms with Gasteiger partial charge in [-0.25, -0.2) is 0 Å². The van der Waals surface area contributed by atoms with E-state index in [-0.39, 0.29) is 11.6 Å². The lowest BCUT2D eigenvalue weighted by Crippen LogP contribution is -2.28. The van der Waals surface area contributed by atoms with Crippen LogP contribution in [0.3, 0.4) is 0 Å². The molecule has 1 amide bonds. The molecule has 1 aromatic carbocycles. The normalized spacial score (nSPS) is 10.7. The molecule has 19 heavy (non-hydrogen) atoms. The van der Waals surface area contributed by atoms with Crippen molar-refractivity contribution in [2.45, 2.75) is 20.8 Å². The van der Waals surface area contributed by atoms with Gasteiger partial charge in [-0.05, 0) is 32.4 Å². The van der Waals surface area contributed by atoms with Crippen molar-refractivity contribution < 1.29 is 9.72 Å². The first kappa shape index (κ1) is 14.9. The maximum absolute atomic E-state index is 11.8. The molecule has 0 aromatic heterocycles. The highest BCUT2D eigenvalue weighted by atomic mass is 16.6. The van der Waals surface area contributed by atoms with Crippen LogP contribution in [0.15, 0.2) is 24.3 Å². The lowest BCUT2D eigenvalue weighted by atomic mass is 10.1. The van der Waals surface area contributed by atoms with Crippen LogP contribution in [0, 0.1) is 17.0 Å². The summed E-state index contributed by atoms with van der Waals surface area (Å²) in [5, 5.41) is 10.8. The maximum atomic E-state index is 11.8. The van der Waals surface area contributed by atoms with Gasteiger partial charge in [-0.15, -0.1) is 0 Å². The monoisotopic (exact) mass is 262 g/mol. The van der Waals surface area contributed by atoms with Gasteiger partial charge in [-0.1, -0.05) is 12.1 Å². The average Bonchev–Trinajstić information content (AvgIpc) is 2.38. The highest BCUT2D eigenvalue weighted by Gasteiger charge is 2.12. The van der Waals surface area contributed by atoms with E-state index in [0.29, 0.717) is 24.2 Å². The molecular formula is C14H18N2O3. The maximum Gasteiger partial charge on any atom is 0.272 e. The molecule has 0 N–H and O–H groups in total. The second-order valence-corrected chi connectivity index (χ2v) is 4.09. The zero-order chi connectivity index (χ0) is 14.4. The van der Waals surface area contributed by atoms with Crippen molar-refractivity contribution >= 4 is 17.7 Å². The number of nitro groups is 1. The van der Waals surface area contributed by atoms with Gasteiger partial charge < -0.3 is 4.90 Å². The van der Waals surface area contributed by atoms with Gasteiger partial charge in [0.15, 0.2) is 0 Å². The Hall–Kier alpha value is -2.17. The Kier molecular flexibility index (Phi) is 5.23. The van der Waals surface area contributed by atoms with Crippen molar-refractivity contribution in [1.29, 1.82) is 0 Å². The second-order valence-electron chi connectivity index (χ2n) is 4.09. The topological polar surface area (TPSA) is 63.5 Å². The van der Waals surface area contributed by atoms with Crippen LogP contribution in [0.2, 0.25) is 0 Å². The zero-order valence-electron chi connectivity index (χ0n) is 11.4. The lowest BCUT2D eigenvalue weighted by Gasteiger charge is -2.15. The summed E-state index contributed by atoms with van der Waals surface area (Å²) in [4.78, 5) is 23.9. The Morgan fingerprint density at radius 1 is 1.37 bits per heavy atom. The van der Waals surface area contributed by atoms with Crippen LogP contribution in [0.5, 0.6) is 0 Å². The van der Waals surface area contributed by atoms with E-state index in [1.807, 2.05) is 13.8 Å². The van der Waals surface area contributed by atoms with Crippen LogP contribution >= 0.6 is 0 Å². The molecule has 0 aliphatic rings. The number of hydrogen-bond donors (Lipinski definition) is 0. The first-order valence-electron chi connectivity index (χ1n) is 6.22. The number of nitro benzene ring substituents is 1. The van der Waals surface area contributed by atoms with Crippen molar-refractivity contribution in [1.82, 2.24) is 4.90 Å². The van der Waals surface area contributed by atoms with Gasteiger partial charge in [0.1, 0.15) is 0 Å². The van der Waals surface area contributed by atoms with E-state index in [4.69, 9.17) is 0 Å². The first-order chi connectivity index (χ1) is 9.01. The van der Waals surface area contributed by atoms with Gasteiger partial charge in [-0.3, -0.25) is 14.9 Å². The van der Waals surface area contributed by atoms with Crippen molar-refractivity contribution in [3.8, 4) is 0 Å². The zero-order valence-corrected chi connectivity index (χ0v) is 11.4. The molecule has 0 radical (unpaired) electrons. The summed E-state index contributed by atoms with van der Waals surface area (Å²) in [6.45, 7) is 6.79. The molecule has 0 aliphatic heterocycles. The fourth-order valence-corrected chi connectivity index (χ4v) is 1.82. The molecule has 0 spiro atoms. The Balaban J connectivity index is 2.97. The van der Waals surface area contributed by atoms with Crippen molar-refractivity contribution in [2.24, 2.45) is 0 Å². The van der Waals surface area contributed by atoms with Crippen molar-refractivity contribution in [2.75, 3.05) is 13.1 Å². The van der Waals surface area contributed by atoms with Crippen LogP contribution in [0.4, 0.5) is 5.69 Å². The van der Waals surface area contributed by atoms with E-state index < -0.39 is 4.92 Å². The molecular weight excluding hydrogens is 244 g/mol. The summed E-state index contributed by atoms with van der Waals surface area (Å²) >= 11 is 0. The Morgan fingerprint density at radius 3 is 2.53 bits per heavy atom. The smallest absolute Gasteiger partial charge is 0.272 e. The van der Waals surface area contributed by atoms with Crippen LogP contribution in [-0.2, 0) is 4.79 Å². The van der Waals surface area contributed by atoms with Gasteiger partial charge in [0.25, 0.3) is 5.69 Å². The van der Waals surface area contributed by atoms with Crippen molar-refractivity contribution in [3.05, 3.63) is 45.5 Å². The predicted molar refractivity (Wildman–Crippen MR) is 74.8 cm³/mol. The molecule has 0 atom stereocenters. The number of benzene rings is 1. The number of nitrogens with zero attached hydrogens (tertiary/aromatic N) is 2. The third kappa shape index (κ3) is 3.64. The third-order valence-electron chi connectivity index (χ3n) is 3.02. The fourth-order valence-electron chi connectivity index (χ4n) is 1.82. The molecule has 5 nitrogen and oxygen atoms in total. The van der Waals surface area contributed by atoms with Gasteiger partial charge in [0.2, 0.25) is 5.91 Å². The highest BCUT2D eigenvalue weighted by Crippen LogP contribution is 2.21. The van der Waals surface area contributed by atoms with E-state index >= 15 is 0 Å². The van der Waals surface area contributed by atoms with Crippen LogP contribution < -0.4 is 0 Å². The van der Waals surface area contributed by atoms with E-state index in [1.54, 1.807) is 30.0 Å². The largest absolute Gasteiger partial charge is 0.340 e. The summed E-state index contributed by atoms with van der Waals surface area (Å²) in [5.74, 6) is -0.0871. The van der Waals surface area contributed by atoms with Gasteiger partial charge in [0, 0.05) is 30.8 Å². The minimum absolute atomic E-state index is 0.0671. The van der Waals surface area contributed by atoms with E-state index in [9.17, 15) is 14.9 Å². The highest BCUT2D eigenvalue weighted by molar-refractivity contribution is 5.92. The molecule has 0 saturated carbocycles. The Bertz CT molecular complexity index is 505. The lowest BCUT2D eigenvalue weighted by molar-refractivity contribution is -0.385. The number of amides is 1. The second kappa shape index (κ2) is 6.68. The minimum atomic E-state index is -0.418. The Labute approximate surface area is 112 Å². The summed E-state index contributed by atoms with van der Waals surface area (Å²) < 4.78 is 0. The number of likely N-dealkylation sites (N-methyl/N-ethyl adjacent to an activating group) is 1. The molecule has 102 valence electrons. The molecule has 0 bridgehead atoms. The van der Waals surface area contributed by atoms with Gasteiger partial charge >= 0.3 is 0 Å². The van der Waals surface area contributed by atoms with E-state index in [1.165, 1.54) is 12.1 Å². The van der Waals surface area contributed by atoms with E-state index in [0.717, 1.165) is 0 Å². The molecule has 0 aliphatic carbocycles. The van der Waals surface area contributed by atoms with Crippen LogP contribution in [0.25, 0.3) is 6.08 Å². The van der Waals surface area contributed by atoms with Gasteiger partial charge in [0.05, 0.1) is 4.92 Å². The third-order valence-corrected chi connectivity index (χ3v) is 3.02.